The Hall–Kier alpha value is -2.18. The number of rotatable bonds is 6. The summed E-state index contributed by atoms with van der Waals surface area (Å²) in [7, 11) is 0. The van der Waals surface area contributed by atoms with Crippen molar-refractivity contribution in [3.05, 3.63) is 41.5 Å². The van der Waals surface area contributed by atoms with E-state index in [1.54, 1.807) is 0 Å². The number of aliphatic carboxylic acids is 1. The topological polar surface area (TPSA) is 89.9 Å². The number of carbonyl (C=O) groups is 2. The van der Waals surface area contributed by atoms with Crippen LogP contribution in [-0.2, 0) is 9.59 Å². The number of aliphatic hydroxyl groups is 1. The lowest BCUT2D eigenvalue weighted by molar-refractivity contribution is -0.186. The number of benzene rings is 1. The first-order valence-corrected chi connectivity index (χ1v) is 17.5. The van der Waals surface area contributed by atoms with Crippen LogP contribution in [0.5, 0.6) is 0 Å². The van der Waals surface area contributed by atoms with Gasteiger partial charge in [0.1, 0.15) is 0 Å². The van der Waals surface area contributed by atoms with Crippen LogP contribution in [0.4, 0.5) is 5.69 Å². The van der Waals surface area contributed by atoms with Gasteiger partial charge in [0.2, 0.25) is 5.91 Å². The fourth-order valence-electron chi connectivity index (χ4n) is 10.7. The second-order valence-electron chi connectivity index (χ2n) is 15.8. The van der Waals surface area contributed by atoms with Crippen molar-refractivity contribution >= 4 is 17.6 Å². The predicted molar refractivity (Wildman–Crippen MR) is 178 cm³/mol. The zero-order chi connectivity index (χ0) is 31.9. The van der Waals surface area contributed by atoms with Crippen LogP contribution in [0.3, 0.4) is 0 Å². The Balaban J connectivity index is 0.000000176. The summed E-state index contributed by atoms with van der Waals surface area (Å²) in [6.45, 7) is 17.0. The van der Waals surface area contributed by atoms with Crippen LogP contribution in [0.15, 0.2) is 30.4 Å². The molecule has 4 aliphatic carbocycles. The Morgan fingerprint density at radius 2 is 1.70 bits per heavy atom. The van der Waals surface area contributed by atoms with Crippen LogP contribution in [0.2, 0.25) is 0 Å². The number of carboxylic acid groups (broad SMARTS) is 1. The van der Waals surface area contributed by atoms with E-state index >= 15 is 0 Å². The molecule has 1 aliphatic heterocycles. The highest BCUT2D eigenvalue weighted by Gasteiger charge is 2.67. The molecule has 1 amide bonds. The van der Waals surface area contributed by atoms with Gasteiger partial charge in [-0.15, -0.1) is 0 Å². The third-order valence-corrected chi connectivity index (χ3v) is 13.1. The van der Waals surface area contributed by atoms with E-state index in [2.05, 4.69) is 56.6 Å². The molecule has 5 fully saturated rings. The molecule has 1 aromatic carbocycles. The molecule has 1 aromatic rings. The van der Waals surface area contributed by atoms with E-state index in [1.807, 2.05) is 13.0 Å². The summed E-state index contributed by atoms with van der Waals surface area (Å²) in [5, 5.41) is 24.0. The van der Waals surface area contributed by atoms with Gasteiger partial charge in [-0.2, -0.15) is 0 Å². The third-order valence-electron chi connectivity index (χ3n) is 13.1. The number of carbonyl (C=O) groups excluding carboxylic acids is 1. The van der Waals surface area contributed by atoms with Gasteiger partial charge in [-0.25, -0.2) is 0 Å². The zero-order valence-corrected chi connectivity index (χ0v) is 28.1. The van der Waals surface area contributed by atoms with Gasteiger partial charge < -0.3 is 15.5 Å². The molecule has 7 atom stereocenters. The molecule has 1 unspecified atom stereocenters. The fourth-order valence-corrected chi connectivity index (χ4v) is 10.7. The Bertz CT molecular complexity index is 1240. The number of piperidine rings is 1. The average Bonchev–Trinajstić information content (AvgIpc) is 3.16. The van der Waals surface area contributed by atoms with E-state index in [0.717, 1.165) is 106 Å². The van der Waals surface area contributed by atoms with Gasteiger partial charge in [0, 0.05) is 5.69 Å². The molecule has 6 nitrogen and oxygen atoms in total. The number of carboxylic acids is 1. The maximum Gasteiger partial charge on any atom is 0.309 e. The van der Waals surface area contributed by atoms with Crippen LogP contribution >= 0.6 is 0 Å². The second kappa shape index (κ2) is 12.5. The number of hydrogen-bond acceptors (Lipinski definition) is 4. The van der Waals surface area contributed by atoms with Crippen molar-refractivity contribution in [1.29, 1.82) is 0 Å². The van der Waals surface area contributed by atoms with Crippen molar-refractivity contribution in [1.82, 2.24) is 4.90 Å². The maximum absolute atomic E-state index is 12.7. The number of unbranched alkanes of at least 4 members (excludes halogenated alkanes) is 1. The lowest BCUT2D eigenvalue weighted by Gasteiger charge is -2.63. The highest BCUT2D eigenvalue weighted by molar-refractivity contribution is 5.96. The molecule has 6 heteroatoms. The summed E-state index contributed by atoms with van der Waals surface area (Å²) < 4.78 is 0. The van der Waals surface area contributed by atoms with E-state index in [0.29, 0.717) is 5.92 Å². The molecule has 3 N–H and O–H groups in total. The molecule has 1 spiro atoms. The lowest BCUT2D eigenvalue weighted by Crippen LogP contribution is -2.59. The minimum atomic E-state index is -0.634. The van der Waals surface area contributed by atoms with Crippen molar-refractivity contribution in [3.63, 3.8) is 0 Å². The van der Waals surface area contributed by atoms with Crippen molar-refractivity contribution < 1.29 is 19.8 Å². The number of nitrogens with one attached hydrogen (secondary N) is 1. The van der Waals surface area contributed by atoms with E-state index in [9.17, 15) is 19.8 Å². The Morgan fingerprint density at radius 1 is 1.00 bits per heavy atom. The number of likely N-dealkylation sites (tertiary alicyclic amines) is 1. The molecule has 1 heterocycles. The SMILES string of the molecule is C=C1C[C@@]23CC[C@H]4[C@@](C)(CCC[C@@]4(C)C(=O)O)[C@@H]2CC[C@]1(O)C3.CCCCN1CCCCC1C(=O)Nc1c(C)cccc1C. The number of nitrogens with zero attached hydrogens (tertiary/aromatic N) is 1. The summed E-state index contributed by atoms with van der Waals surface area (Å²) in [5.74, 6) is 0.389. The molecule has 5 aliphatic rings. The van der Waals surface area contributed by atoms with E-state index in [-0.39, 0.29) is 28.7 Å². The van der Waals surface area contributed by atoms with Crippen molar-refractivity contribution in [2.24, 2.45) is 28.1 Å². The van der Waals surface area contributed by atoms with Crippen molar-refractivity contribution in [2.45, 2.75) is 136 Å². The molecule has 0 aromatic heterocycles. The number of fused-ring (bicyclic) bond motifs is 3. The first-order chi connectivity index (χ1) is 20.8. The standard InChI is InChI=1S/C20H30O3.C18H28N2O/c1-13-11-19-9-5-14-17(2,7-4-8-18(14,3)16(21)22)15(19)6-10-20(13,23)12-19;1-4-5-12-20-13-7-6-11-16(20)18(21)19-17-14(2)9-8-10-15(17)3/h14-15,23H,1,4-12H2,2-3H3,(H,21,22);8-10,16H,4-7,11-13H2,1-3H3,(H,19,21)/t14-,15-,17+,18+,19+,20-;/m0./s1. The van der Waals surface area contributed by atoms with E-state index < -0.39 is 17.0 Å². The Morgan fingerprint density at radius 3 is 2.39 bits per heavy atom. The highest BCUT2D eigenvalue weighted by atomic mass is 16.4. The van der Waals surface area contributed by atoms with Crippen LogP contribution in [0, 0.1) is 41.9 Å². The molecule has 6 rings (SSSR count). The first-order valence-electron chi connectivity index (χ1n) is 17.5. The van der Waals surface area contributed by atoms with Crippen molar-refractivity contribution in [2.75, 3.05) is 18.4 Å². The molecule has 0 radical (unpaired) electrons. The number of anilines is 1. The molecule has 1 saturated heterocycles. The van der Waals surface area contributed by atoms with Crippen LogP contribution in [-0.4, -0.2) is 51.7 Å². The molecule has 244 valence electrons. The third kappa shape index (κ3) is 5.79. The summed E-state index contributed by atoms with van der Waals surface area (Å²) in [6.07, 6.45) is 14.5. The van der Waals surface area contributed by atoms with Gasteiger partial charge >= 0.3 is 5.97 Å². The number of aryl methyl sites for hydroxylation is 2. The largest absolute Gasteiger partial charge is 0.481 e. The first kappa shape index (κ1) is 33.2. The quantitative estimate of drug-likeness (QED) is 0.285. The number of para-hydroxylation sites is 1. The molecular formula is C38H58N2O4. The second-order valence-corrected chi connectivity index (χ2v) is 15.8. The zero-order valence-electron chi connectivity index (χ0n) is 28.1. The molecular weight excluding hydrogens is 548 g/mol. The number of amides is 1. The smallest absolute Gasteiger partial charge is 0.309 e. The minimum Gasteiger partial charge on any atom is -0.481 e. The van der Waals surface area contributed by atoms with Gasteiger partial charge in [-0.3, -0.25) is 14.5 Å². The Kier molecular flexibility index (Phi) is 9.47. The van der Waals surface area contributed by atoms with Crippen molar-refractivity contribution in [3.8, 4) is 0 Å². The lowest BCUT2D eigenvalue weighted by atomic mass is 9.41. The van der Waals surface area contributed by atoms with Crippen LogP contribution < -0.4 is 5.32 Å². The Labute approximate surface area is 266 Å². The average molecular weight is 607 g/mol. The summed E-state index contributed by atoms with van der Waals surface area (Å²) in [6, 6.07) is 6.19. The predicted octanol–water partition coefficient (Wildman–Crippen LogP) is 8.05. The minimum absolute atomic E-state index is 0.0457. The van der Waals surface area contributed by atoms with Crippen LogP contribution in [0.1, 0.15) is 122 Å². The maximum atomic E-state index is 12.7. The summed E-state index contributed by atoms with van der Waals surface area (Å²) in [5.41, 5.74) is 3.39. The monoisotopic (exact) mass is 606 g/mol. The van der Waals surface area contributed by atoms with Gasteiger partial charge in [-0.05, 0) is 144 Å². The summed E-state index contributed by atoms with van der Waals surface area (Å²) >= 11 is 0. The fraction of sp³-hybridized carbons (Fsp3) is 0.737. The van der Waals surface area contributed by atoms with Gasteiger partial charge in [0.15, 0.2) is 0 Å². The molecule has 2 bridgehead atoms. The van der Waals surface area contributed by atoms with E-state index in [1.165, 1.54) is 19.3 Å². The summed E-state index contributed by atoms with van der Waals surface area (Å²) in [4.78, 5) is 27.1. The van der Waals surface area contributed by atoms with Gasteiger partial charge in [-0.1, -0.05) is 57.9 Å². The van der Waals surface area contributed by atoms with E-state index in [4.69, 9.17) is 0 Å². The molecule has 4 saturated carbocycles. The molecule has 44 heavy (non-hydrogen) atoms. The highest BCUT2D eigenvalue weighted by Crippen LogP contribution is 2.72. The normalized spacial score (nSPS) is 38.1. The van der Waals surface area contributed by atoms with Gasteiger partial charge in [0.05, 0.1) is 17.1 Å². The van der Waals surface area contributed by atoms with Gasteiger partial charge in [0.25, 0.3) is 0 Å². The number of hydrogen-bond donors (Lipinski definition) is 3. The van der Waals surface area contributed by atoms with Crippen LogP contribution in [0.25, 0.3) is 0 Å².